The quantitative estimate of drug-likeness (QED) is 0.647. The average Bonchev–Trinajstić information content (AvgIpc) is 2.40. The molecule has 2 rings (SSSR count). The molecule has 1 amide bonds. The third-order valence-corrected chi connectivity index (χ3v) is 3.81. The molecule has 1 aliphatic rings. The Balaban J connectivity index is 2.29. The van der Waals surface area contributed by atoms with E-state index >= 15 is 0 Å². The predicted molar refractivity (Wildman–Crippen MR) is 73.1 cm³/mol. The van der Waals surface area contributed by atoms with Gasteiger partial charge in [-0.05, 0) is 37.8 Å². The Morgan fingerprint density at radius 1 is 1.30 bits per heavy atom. The topological polar surface area (TPSA) is 58.4 Å². The first-order chi connectivity index (χ1) is 9.43. The Morgan fingerprint density at radius 3 is 2.45 bits per heavy atom. The molecule has 1 aliphatic heterocycles. The fourth-order valence-corrected chi connectivity index (χ4v) is 2.57. The minimum atomic E-state index is -0.867. The number of carbonyl (C=O) groups is 1. The maximum absolute atomic E-state index is 13.7. The van der Waals surface area contributed by atoms with Gasteiger partial charge >= 0.3 is 0 Å². The third-order valence-electron chi connectivity index (χ3n) is 3.81. The lowest BCUT2D eigenvalue weighted by Crippen LogP contribution is -2.45. The molecule has 20 heavy (non-hydrogen) atoms. The first-order valence-electron chi connectivity index (χ1n) is 6.70. The monoisotopic (exact) mass is 283 g/mol. The summed E-state index contributed by atoms with van der Waals surface area (Å²) in [6, 6.07) is 2.12. The van der Waals surface area contributed by atoms with Gasteiger partial charge in [0, 0.05) is 18.2 Å². The molecule has 1 saturated heterocycles. The zero-order chi connectivity index (χ0) is 14.9. The Morgan fingerprint density at radius 2 is 1.90 bits per heavy atom. The van der Waals surface area contributed by atoms with Gasteiger partial charge in [0.25, 0.3) is 5.91 Å². The molecule has 1 heterocycles. The van der Waals surface area contributed by atoms with Crippen molar-refractivity contribution < 1.29 is 13.6 Å². The average molecular weight is 283 g/mol. The van der Waals surface area contributed by atoms with Crippen molar-refractivity contribution in [3.63, 3.8) is 0 Å². The van der Waals surface area contributed by atoms with Gasteiger partial charge in [0.15, 0.2) is 11.6 Å². The highest BCUT2D eigenvalue weighted by atomic mass is 19.1. The van der Waals surface area contributed by atoms with Gasteiger partial charge in [-0.1, -0.05) is 6.92 Å². The van der Waals surface area contributed by atoms with Crippen LogP contribution in [0.25, 0.3) is 0 Å². The summed E-state index contributed by atoms with van der Waals surface area (Å²) in [6.45, 7) is 4.63. The van der Waals surface area contributed by atoms with E-state index < -0.39 is 17.3 Å². The van der Waals surface area contributed by atoms with Crippen LogP contribution in [-0.2, 0) is 0 Å². The van der Waals surface area contributed by atoms with Gasteiger partial charge in [-0.15, -0.1) is 0 Å². The lowest BCUT2D eigenvalue weighted by Gasteiger charge is -2.37. The number of halogens is 2. The third kappa shape index (κ3) is 2.75. The predicted octanol–water partition coefficient (Wildman–Crippen LogP) is 2.51. The van der Waals surface area contributed by atoms with E-state index in [4.69, 9.17) is 5.84 Å². The highest BCUT2D eigenvalue weighted by Crippen LogP contribution is 2.25. The number of nitrogens with two attached hydrogens (primary N) is 1. The van der Waals surface area contributed by atoms with Gasteiger partial charge in [0.1, 0.15) is 5.69 Å². The number of carbonyl (C=O) groups excluding carboxylic acids is 1. The standard InChI is InChI=1S/C14H19F2N3O/c1-8-3-4-9(2)19(7-8)14(20)10-5-11(15)13(18-17)12(16)6-10/h5-6,8-9,18H,3-4,7,17H2,1-2H3. The van der Waals surface area contributed by atoms with E-state index in [1.54, 1.807) is 4.90 Å². The Hall–Kier alpha value is -1.69. The minimum Gasteiger partial charge on any atom is -0.336 e. The van der Waals surface area contributed by atoms with E-state index in [0.717, 1.165) is 25.0 Å². The number of amides is 1. The fraction of sp³-hybridized carbons (Fsp3) is 0.500. The Bertz CT molecular complexity index is 498. The van der Waals surface area contributed by atoms with Crippen molar-refractivity contribution >= 4 is 11.6 Å². The van der Waals surface area contributed by atoms with E-state index in [9.17, 15) is 13.6 Å². The zero-order valence-corrected chi connectivity index (χ0v) is 11.6. The van der Waals surface area contributed by atoms with Crippen LogP contribution in [0.4, 0.5) is 14.5 Å². The summed E-state index contributed by atoms with van der Waals surface area (Å²) in [4.78, 5) is 14.1. The van der Waals surface area contributed by atoms with E-state index in [2.05, 4.69) is 6.92 Å². The van der Waals surface area contributed by atoms with Crippen molar-refractivity contribution in [1.82, 2.24) is 4.90 Å². The molecule has 0 aromatic heterocycles. The molecule has 2 unspecified atom stereocenters. The molecule has 0 aliphatic carbocycles. The smallest absolute Gasteiger partial charge is 0.254 e. The maximum atomic E-state index is 13.7. The van der Waals surface area contributed by atoms with Crippen molar-refractivity contribution in [3.8, 4) is 0 Å². The molecule has 2 atom stereocenters. The lowest BCUT2D eigenvalue weighted by atomic mass is 9.94. The molecule has 1 aromatic rings. The number of benzene rings is 1. The number of rotatable bonds is 2. The molecule has 3 N–H and O–H groups in total. The normalized spacial score (nSPS) is 22.8. The summed E-state index contributed by atoms with van der Waals surface area (Å²) in [5.74, 6) is 3.36. The molecule has 0 bridgehead atoms. The number of hydrazine groups is 1. The number of nitrogens with zero attached hydrogens (tertiary/aromatic N) is 1. The molecule has 6 heteroatoms. The summed E-state index contributed by atoms with van der Waals surface area (Å²) in [7, 11) is 0. The molecular formula is C14H19F2N3O. The van der Waals surface area contributed by atoms with Gasteiger partial charge in [-0.25, -0.2) is 8.78 Å². The van der Waals surface area contributed by atoms with Crippen LogP contribution >= 0.6 is 0 Å². The highest BCUT2D eigenvalue weighted by Gasteiger charge is 2.28. The summed E-state index contributed by atoms with van der Waals surface area (Å²) >= 11 is 0. The summed E-state index contributed by atoms with van der Waals surface area (Å²) in [5.41, 5.74) is 1.53. The number of nitrogen functional groups attached to an aromatic ring is 1. The maximum Gasteiger partial charge on any atom is 0.254 e. The van der Waals surface area contributed by atoms with E-state index in [0.29, 0.717) is 12.5 Å². The van der Waals surface area contributed by atoms with Crippen LogP contribution in [0.1, 0.15) is 37.0 Å². The Kier molecular flexibility index (Phi) is 4.23. The number of nitrogens with one attached hydrogen (secondary N) is 1. The zero-order valence-electron chi connectivity index (χ0n) is 11.6. The van der Waals surface area contributed by atoms with Crippen LogP contribution < -0.4 is 11.3 Å². The molecule has 110 valence electrons. The van der Waals surface area contributed by atoms with Crippen LogP contribution in [-0.4, -0.2) is 23.4 Å². The van der Waals surface area contributed by atoms with Crippen LogP contribution in [0.3, 0.4) is 0 Å². The SMILES string of the molecule is CC1CCC(C)N(C(=O)c2cc(F)c(NN)c(F)c2)C1. The molecular weight excluding hydrogens is 264 g/mol. The van der Waals surface area contributed by atoms with Gasteiger partial charge in [0.05, 0.1) is 0 Å². The van der Waals surface area contributed by atoms with E-state index in [1.165, 1.54) is 0 Å². The van der Waals surface area contributed by atoms with Crippen LogP contribution in [0.15, 0.2) is 12.1 Å². The fourth-order valence-electron chi connectivity index (χ4n) is 2.57. The number of anilines is 1. The van der Waals surface area contributed by atoms with Crippen molar-refractivity contribution in [2.75, 3.05) is 12.0 Å². The van der Waals surface area contributed by atoms with Gasteiger partial charge in [0.2, 0.25) is 0 Å². The second-order valence-electron chi connectivity index (χ2n) is 5.45. The molecule has 4 nitrogen and oxygen atoms in total. The van der Waals surface area contributed by atoms with Crippen molar-refractivity contribution in [1.29, 1.82) is 0 Å². The molecule has 1 fully saturated rings. The van der Waals surface area contributed by atoms with Gasteiger partial charge in [-0.3, -0.25) is 10.6 Å². The second-order valence-corrected chi connectivity index (χ2v) is 5.45. The van der Waals surface area contributed by atoms with Crippen molar-refractivity contribution in [2.24, 2.45) is 11.8 Å². The number of hydrogen-bond acceptors (Lipinski definition) is 3. The van der Waals surface area contributed by atoms with Gasteiger partial charge in [-0.2, -0.15) is 0 Å². The number of hydrogen-bond donors (Lipinski definition) is 2. The van der Waals surface area contributed by atoms with Crippen LogP contribution in [0.2, 0.25) is 0 Å². The summed E-state index contributed by atoms with van der Waals surface area (Å²) in [6.07, 6.45) is 1.96. The van der Waals surface area contributed by atoms with Crippen molar-refractivity contribution in [3.05, 3.63) is 29.3 Å². The first-order valence-corrected chi connectivity index (χ1v) is 6.70. The highest BCUT2D eigenvalue weighted by molar-refractivity contribution is 5.95. The van der Waals surface area contributed by atoms with Gasteiger partial charge < -0.3 is 10.3 Å². The lowest BCUT2D eigenvalue weighted by molar-refractivity contribution is 0.0573. The van der Waals surface area contributed by atoms with E-state index in [-0.39, 0.29) is 17.5 Å². The number of likely N-dealkylation sites (tertiary alicyclic amines) is 1. The van der Waals surface area contributed by atoms with Crippen LogP contribution in [0, 0.1) is 17.6 Å². The molecule has 0 spiro atoms. The minimum absolute atomic E-state index is 0.0138. The first kappa shape index (κ1) is 14.7. The summed E-state index contributed by atoms with van der Waals surface area (Å²) < 4.78 is 27.3. The number of piperidine rings is 1. The summed E-state index contributed by atoms with van der Waals surface area (Å²) in [5, 5.41) is 0. The second kappa shape index (κ2) is 5.75. The molecule has 1 aromatic carbocycles. The largest absolute Gasteiger partial charge is 0.336 e. The molecule has 0 saturated carbocycles. The Labute approximate surface area is 116 Å². The van der Waals surface area contributed by atoms with E-state index in [1.807, 2.05) is 12.3 Å². The van der Waals surface area contributed by atoms with Crippen molar-refractivity contribution in [2.45, 2.75) is 32.7 Å². The van der Waals surface area contributed by atoms with Crippen LogP contribution in [0.5, 0.6) is 0 Å². The molecule has 0 radical (unpaired) electrons.